The lowest BCUT2D eigenvalue weighted by Gasteiger charge is -2.43. The fourth-order valence-corrected chi connectivity index (χ4v) is 7.94. The molecular weight excluding hydrogens is 342 g/mol. The summed E-state index contributed by atoms with van der Waals surface area (Å²) in [6.45, 7) is 8.07. The van der Waals surface area contributed by atoms with Crippen LogP contribution in [0, 0.1) is 0 Å². The standard InChI is InChI=1S/C21H27NO3Si/c1-17(24)22-18(15-23)16-25-26(21(2,3)4,19-11-7-5-8-12-19)20-13-9-6-10-14-20/h5-15,18H,16H2,1-4H3,(H,22,24). The van der Waals surface area contributed by atoms with Crippen molar-refractivity contribution >= 4 is 30.9 Å². The summed E-state index contributed by atoms with van der Waals surface area (Å²) in [6, 6.07) is 19.8. The summed E-state index contributed by atoms with van der Waals surface area (Å²) < 4.78 is 6.61. The largest absolute Gasteiger partial charge is 0.405 e. The summed E-state index contributed by atoms with van der Waals surface area (Å²) in [5, 5.41) is 4.77. The van der Waals surface area contributed by atoms with Crippen LogP contribution in [0.5, 0.6) is 0 Å². The predicted molar refractivity (Wildman–Crippen MR) is 107 cm³/mol. The molecule has 26 heavy (non-hydrogen) atoms. The Hall–Kier alpha value is -2.24. The molecule has 1 atom stereocenters. The SMILES string of the molecule is CC(=O)NC(C=O)CO[Si](c1ccccc1)(c1ccccc1)C(C)(C)C. The Morgan fingerprint density at radius 2 is 1.50 bits per heavy atom. The monoisotopic (exact) mass is 369 g/mol. The lowest BCUT2D eigenvalue weighted by molar-refractivity contribution is -0.122. The van der Waals surface area contributed by atoms with Crippen LogP contribution in [0.1, 0.15) is 27.7 Å². The van der Waals surface area contributed by atoms with E-state index in [1.165, 1.54) is 6.92 Å². The van der Waals surface area contributed by atoms with Gasteiger partial charge in [0.1, 0.15) is 12.3 Å². The molecule has 0 aliphatic heterocycles. The summed E-state index contributed by atoms with van der Waals surface area (Å²) in [5.41, 5.74) is 0. The van der Waals surface area contributed by atoms with Crippen molar-refractivity contribution in [1.82, 2.24) is 5.32 Å². The molecular formula is C21H27NO3Si. The van der Waals surface area contributed by atoms with Gasteiger partial charge in [-0.25, -0.2) is 0 Å². The molecule has 1 N–H and O–H groups in total. The van der Waals surface area contributed by atoms with E-state index in [-0.39, 0.29) is 17.6 Å². The fourth-order valence-electron chi connectivity index (χ4n) is 3.35. The van der Waals surface area contributed by atoms with Gasteiger partial charge in [0.2, 0.25) is 5.91 Å². The molecule has 5 heteroatoms. The third kappa shape index (κ3) is 4.29. The van der Waals surface area contributed by atoms with Gasteiger partial charge in [-0.1, -0.05) is 81.4 Å². The van der Waals surface area contributed by atoms with Gasteiger partial charge in [-0.2, -0.15) is 0 Å². The molecule has 0 aliphatic rings. The first-order valence-corrected chi connectivity index (χ1v) is 10.7. The van der Waals surface area contributed by atoms with Crippen molar-refractivity contribution in [2.45, 2.75) is 38.8 Å². The minimum absolute atomic E-state index is 0.149. The van der Waals surface area contributed by atoms with E-state index in [2.05, 4.69) is 50.4 Å². The van der Waals surface area contributed by atoms with E-state index in [1.54, 1.807) is 0 Å². The van der Waals surface area contributed by atoms with Crippen molar-refractivity contribution in [2.75, 3.05) is 6.61 Å². The molecule has 1 amide bonds. The van der Waals surface area contributed by atoms with E-state index in [9.17, 15) is 9.59 Å². The number of amides is 1. The van der Waals surface area contributed by atoms with E-state index in [0.717, 1.165) is 16.7 Å². The number of aldehydes is 1. The summed E-state index contributed by atoms with van der Waals surface area (Å²) in [5.74, 6) is -0.242. The van der Waals surface area contributed by atoms with E-state index in [4.69, 9.17) is 4.43 Å². The average Bonchev–Trinajstić information content (AvgIpc) is 2.61. The van der Waals surface area contributed by atoms with Crippen molar-refractivity contribution in [3.8, 4) is 0 Å². The molecule has 0 bridgehead atoms. The molecule has 0 aromatic heterocycles. The Labute approximate surface area is 156 Å². The van der Waals surface area contributed by atoms with Crippen molar-refractivity contribution in [1.29, 1.82) is 0 Å². The van der Waals surface area contributed by atoms with Crippen molar-refractivity contribution < 1.29 is 14.0 Å². The number of carbonyl (C=O) groups is 2. The van der Waals surface area contributed by atoms with Gasteiger partial charge in [0, 0.05) is 6.92 Å². The predicted octanol–water partition coefficient (Wildman–Crippen LogP) is 2.27. The molecule has 0 saturated carbocycles. The quantitative estimate of drug-likeness (QED) is 0.602. The molecule has 2 aromatic rings. The highest BCUT2D eigenvalue weighted by Gasteiger charge is 2.50. The first-order chi connectivity index (χ1) is 12.3. The highest BCUT2D eigenvalue weighted by atomic mass is 28.4. The number of hydrogen-bond acceptors (Lipinski definition) is 3. The minimum Gasteiger partial charge on any atom is -0.405 e. The molecule has 4 nitrogen and oxygen atoms in total. The van der Waals surface area contributed by atoms with Gasteiger partial charge >= 0.3 is 0 Å². The Kier molecular flexibility index (Phi) is 6.50. The van der Waals surface area contributed by atoms with Gasteiger partial charge in [0.25, 0.3) is 8.32 Å². The number of nitrogens with one attached hydrogen (secondary N) is 1. The summed E-state index contributed by atoms with van der Waals surface area (Å²) in [7, 11) is -2.69. The normalized spacial score (nSPS) is 13.1. The molecule has 0 saturated heterocycles. The van der Waals surface area contributed by atoms with Crippen LogP contribution in [-0.4, -0.2) is 33.2 Å². The Bertz CT molecular complexity index is 686. The maximum absolute atomic E-state index is 11.4. The van der Waals surface area contributed by atoms with Crippen LogP contribution in [0.15, 0.2) is 60.7 Å². The van der Waals surface area contributed by atoms with Crippen LogP contribution in [0.25, 0.3) is 0 Å². The zero-order chi connectivity index (χ0) is 19.2. The Morgan fingerprint density at radius 1 is 1.04 bits per heavy atom. The molecule has 2 aromatic carbocycles. The van der Waals surface area contributed by atoms with Crippen molar-refractivity contribution in [3.05, 3.63) is 60.7 Å². The highest BCUT2D eigenvalue weighted by Crippen LogP contribution is 2.36. The van der Waals surface area contributed by atoms with Crippen molar-refractivity contribution in [2.24, 2.45) is 0 Å². The topological polar surface area (TPSA) is 55.4 Å². The van der Waals surface area contributed by atoms with Gasteiger partial charge in [-0.3, -0.25) is 4.79 Å². The van der Waals surface area contributed by atoms with E-state index in [0.29, 0.717) is 0 Å². The second-order valence-electron chi connectivity index (χ2n) is 7.42. The van der Waals surface area contributed by atoms with Gasteiger partial charge in [0.05, 0.1) is 6.61 Å². The average molecular weight is 370 g/mol. The zero-order valence-corrected chi connectivity index (χ0v) is 16.9. The fraction of sp³-hybridized carbons (Fsp3) is 0.333. The van der Waals surface area contributed by atoms with E-state index >= 15 is 0 Å². The number of rotatable bonds is 7. The molecule has 0 spiro atoms. The van der Waals surface area contributed by atoms with Crippen molar-refractivity contribution in [3.63, 3.8) is 0 Å². The number of hydrogen-bond donors (Lipinski definition) is 1. The molecule has 0 fully saturated rings. The summed E-state index contributed by atoms with van der Waals surface area (Å²) >= 11 is 0. The van der Waals surface area contributed by atoms with Gasteiger partial charge in [0.15, 0.2) is 0 Å². The third-order valence-corrected chi connectivity index (χ3v) is 9.45. The van der Waals surface area contributed by atoms with Crippen LogP contribution in [0.3, 0.4) is 0 Å². The number of carbonyl (C=O) groups excluding carboxylic acids is 2. The van der Waals surface area contributed by atoms with Crippen LogP contribution in [-0.2, 0) is 14.0 Å². The van der Waals surface area contributed by atoms with Crippen LogP contribution in [0.4, 0.5) is 0 Å². The van der Waals surface area contributed by atoms with Crippen LogP contribution in [0.2, 0.25) is 5.04 Å². The lowest BCUT2D eigenvalue weighted by Crippen LogP contribution is -2.67. The number of benzene rings is 2. The van der Waals surface area contributed by atoms with Gasteiger partial charge in [-0.15, -0.1) is 0 Å². The maximum Gasteiger partial charge on any atom is 0.261 e. The summed E-state index contributed by atoms with van der Waals surface area (Å²) in [6.07, 6.45) is 0.735. The first-order valence-electron chi connectivity index (χ1n) is 8.78. The Balaban J connectivity index is 2.53. The maximum atomic E-state index is 11.4. The van der Waals surface area contributed by atoms with E-state index < -0.39 is 14.4 Å². The van der Waals surface area contributed by atoms with E-state index in [1.807, 2.05) is 36.4 Å². The summed E-state index contributed by atoms with van der Waals surface area (Å²) in [4.78, 5) is 22.8. The Morgan fingerprint density at radius 3 is 1.85 bits per heavy atom. The molecule has 0 aliphatic carbocycles. The first kappa shape index (κ1) is 20.1. The van der Waals surface area contributed by atoms with Crippen LogP contribution < -0.4 is 15.7 Å². The highest BCUT2D eigenvalue weighted by molar-refractivity contribution is 6.99. The lowest BCUT2D eigenvalue weighted by atomic mass is 10.2. The molecule has 138 valence electrons. The molecule has 0 heterocycles. The minimum atomic E-state index is -2.69. The second kappa shape index (κ2) is 8.43. The smallest absolute Gasteiger partial charge is 0.261 e. The second-order valence-corrected chi connectivity index (χ2v) is 11.7. The zero-order valence-electron chi connectivity index (χ0n) is 15.9. The molecule has 0 radical (unpaired) electrons. The van der Waals surface area contributed by atoms with Crippen LogP contribution >= 0.6 is 0 Å². The van der Waals surface area contributed by atoms with Gasteiger partial charge < -0.3 is 14.5 Å². The molecule has 1 unspecified atom stereocenters. The molecule has 2 rings (SSSR count). The third-order valence-electron chi connectivity index (χ3n) is 4.45. The van der Waals surface area contributed by atoms with Gasteiger partial charge in [-0.05, 0) is 15.4 Å².